The molecule has 14 heteroatoms. The number of carboxylic acid groups (broad SMARTS) is 2. The third-order valence-electron chi connectivity index (χ3n) is 5.52. The van der Waals surface area contributed by atoms with E-state index in [4.69, 9.17) is 16.6 Å². The first kappa shape index (κ1) is 31.5. The lowest BCUT2D eigenvalue weighted by molar-refractivity contribution is -0.142. The number of carboxylic acids is 2. The van der Waals surface area contributed by atoms with Crippen LogP contribution in [0.5, 0.6) is 0 Å². The molecule has 1 rings (SSSR count). The fourth-order valence-electron chi connectivity index (χ4n) is 3.51. The Hall–Kier alpha value is -3.52. The van der Waals surface area contributed by atoms with Crippen molar-refractivity contribution in [2.75, 3.05) is 6.54 Å². The van der Waals surface area contributed by atoms with Crippen LogP contribution in [0.25, 0.3) is 0 Å². The fraction of sp³-hybridized carbons (Fsp3) is 0.652. The molecule has 0 aliphatic carbocycles. The van der Waals surface area contributed by atoms with E-state index in [-0.39, 0.29) is 38.0 Å². The third kappa shape index (κ3) is 12.3. The summed E-state index contributed by atoms with van der Waals surface area (Å²) in [6.07, 6.45) is 3.93. The zero-order chi connectivity index (χ0) is 28.0. The van der Waals surface area contributed by atoms with Gasteiger partial charge in [0, 0.05) is 24.7 Å². The van der Waals surface area contributed by atoms with Crippen LogP contribution in [0.1, 0.15) is 58.1 Å². The zero-order valence-corrected chi connectivity index (χ0v) is 21.2. The van der Waals surface area contributed by atoms with E-state index >= 15 is 0 Å². The van der Waals surface area contributed by atoms with Crippen LogP contribution in [0.15, 0.2) is 12.5 Å². The Labute approximate surface area is 215 Å². The van der Waals surface area contributed by atoms with Crippen LogP contribution in [0, 0.1) is 5.92 Å². The van der Waals surface area contributed by atoms with Crippen molar-refractivity contribution in [3.05, 3.63) is 18.2 Å². The molecular weight excluding hydrogens is 486 g/mol. The molecular formula is C23H39N7O7. The smallest absolute Gasteiger partial charge is 0.326 e. The highest BCUT2D eigenvalue weighted by molar-refractivity contribution is 5.94. The molecule has 3 amide bonds. The van der Waals surface area contributed by atoms with E-state index in [1.807, 2.05) is 13.8 Å². The Kier molecular flexibility index (Phi) is 13.9. The van der Waals surface area contributed by atoms with Crippen molar-refractivity contribution in [3.63, 3.8) is 0 Å². The van der Waals surface area contributed by atoms with Crippen LogP contribution in [0.2, 0.25) is 0 Å². The molecule has 14 nitrogen and oxygen atoms in total. The number of rotatable bonds is 18. The second kappa shape index (κ2) is 16.3. The average molecular weight is 526 g/mol. The normalized spacial score (nSPS) is 14.3. The second-order valence-corrected chi connectivity index (χ2v) is 9.26. The summed E-state index contributed by atoms with van der Waals surface area (Å²) in [5.74, 6) is -4.40. The minimum absolute atomic E-state index is 0.00676. The van der Waals surface area contributed by atoms with Gasteiger partial charge in [-0.25, -0.2) is 9.78 Å². The van der Waals surface area contributed by atoms with Gasteiger partial charge in [-0.05, 0) is 44.6 Å². The number of aliphatic carboxylic acids is 2. The van der Waals surface area contributed by atoms with Gasteiger partial charge >= 0.3 is 11.9 Å². The van der Waals surface area contributed by atoms with E-state index in [0.717, 1.165) is 0 Å². The predicted molar refractivity (Wildman–Crippen MR) is 133 cm³/mol. The molecule has 208 valence electrons. The van der Waals surface area contributed by atoms with Crippen LogP contribution < -0.4 is 27.4 Å². The SMILES string of the molecule is CC(C)CC(NC(=O)C(N)CCC(=O)O)C(=O)NC(Cc1cnc[nH]1)C(=O)NC(CCCCN)C(=O)O. The van der Waals surface area contributed by atoms with Gasteiger partial charge in [-0.3, -0.25) is 19.2 Å². The molecule has 37 heavy (non-hydrogen) atoms. The molecule has 0 saturated carbocycles. The first-order valence-corrected chi connectivity index (χ1v) is 12.2. The highest BCUT2D eigenvalue weighted by atomic mass is 16.4. The summed E-state index contributed by atoms with van der Waals surface area (Å²) in [5.41, 5.74) is 11.8. The van der Waals surface area contributed by atoms with Crippen molar-refractivity contribution >= 4 is 29.7 Å². The Balaban J connectivity index is 3.01. The van der Waals surface area contributed by atoms with Gasteiger partial charge in [0.1, 0.15) is 18.1 Å². The summed E-state index contributed by atoms with van der Waals surface area (Å²) in [4.78, 5) is 67.9. The molecule has 0 aliphatic heterocycles. The second-order valence-electron chi connectivity index (χ2n) is 9.26. The lowest BCUT2D eigenvalue weighted by Gasteiger charge is -2.26. The molecule has 0 fully saturated rings. The zero-order valence-electron chi connectivity index (χ0n) is 21.2. The first-order chi connectivity index (χ1) is 17.4. The number of hydrogen-bond acceptors (Lipinski definition) is 8. The van der Waals surface area contributed by atoms with Crippen molar-refractivity contribution in [1.29, 1.82) is 0 Å². The van der Waals surface area contributed by atoms with Gasteiger partial charge in [0.15, 0.2) is 0 Å². The van der Waals surface area contributed by atoms with Gasteiger partial charge in [0.2, 0.25) is 17.7 Å². The number of carbonyl (C=O) groups is 5. The summed E-state index contributed by atoms with van der Waals surface area (Å²) >= 11 is 0. The Bertz CT molecular complexity index is 892. The number of carbonyl (C=O) groups excluding carboxylic acids is 3. The highest BCUT2D eigenvalue weighted by Crippen LogP contribution is 2.09. The number of amides is 3. The van der Waals surface area contributed by atoms with E-state index in [0.29, 0.717) is 25.1 Å². The quantitative estimate of drug-likeness (QED) is 0.107. The van der Waals surface area contributed by atoms with Crippen LogP contribution >= 0.6 is 0 Å². The standard InChI is InChI=1S/C23H39N7O7/c1-13(2)9-17(29-20(33)15(25)6-7-19(31)32)21(34)30-18(10-14-11-26-12-27-14)22(35)28-16(23(36)37)5-3-4-8-24/h11-13,15-18H,3-10,24-25H2,1-2H3,(H,26,27)(H,28,35)(H,29,33)(H,30,34)(H,31,32)(H,36,37). The van der Waals surface area contributed by atoms with Crippen LogP contribution in [0.4, 0.5) is 0 Å². The number of nitrogens with one attached hydrogen (secondary N) is 4. The van der Waals surface area contributed by atoms with Crippen LogP contribution in [0.3, 0.4) is 0 Å². The number of nitrogens with two attached hydrogens (primary N) is 2. The number of imidazole rings is 1. The molecule has 0 bridgehead atoms. The van der Waals surface area contributed by atoms with Gasteiger partial charge < -0.3 is 42.6 Å². The number of nitrogens with zero attached hydrogens (tertiary/aromatic N) is 1. The number of hydrogen-bond donors (Lipinski definition) is 8. The molecule has 10 N–H and O–H groups in total. The maximum atomic E-state index is 13.2. The first-order valence-electron chi connectivity index (χ1n) is 12.2. The number of aromatic amines is 1. The topological polar surface area (TPSA) is 243 Å². The van der Waals surface area contributed by atoms with Crippen molar-refractivity contribution in [3.8, 4) is 0 Å². The molecule has 0 saturated heterocycles. The minimum Gasteiger partial charge on any atom is -0.481 e. The largest absolute Gasteiger partial charge is 0.481 e. The van der Waals surface area contributed by atoms with Crippen molar-refractivity contribution in [2.45, 2.75) is 83.0 Å². The van der Waals surface area contributed by atoms with Crippen molar-refractivity contribution in [1.82, 2.24) is 25.9 Å². The molecule has 0 aliphatic rings. The molecule has 0 radical (unpaired) electrons. The Morgan fingerprint density at radius 1 is 0.946 bits per heavy atom. The average Bonchev–Trinajstić information content (AvgIpc) is 3.33. The highest BCUT2D eigenvalue weighted by Gasteiger charge is 2.31. The van der Waals surface area contributed by atoms with Gasteiger partial charge in [-0.2, -0.15) is 0 Å². The molecule has 1 aromatic heterocycles. The van der Waals surface area contributed by atoms with E-state index in [1.54, 1.807) is 0 Å². The lowest BCUT2D eigenvalue weighted by atomic mass is 10.0. The van der Waals surface area contributed by atoms with Crippen LogP contribution in [-0.4, -0.2) is 80.6 Å². The summed E-state index contributed by atoms with van der Waals surface area (Å²) < 4.78 is 0. The summed E-state index contributed by atoms with van der Waals surface area (Å²) in [5, 5.41) is 25.9. The summed E-state index contributed by atoms with van der Waals surface area (Å²) in [7, 11) is 0. The van der Waals surface area contributed by atoms with E-state index < -0.39 is 53.8 Å². The van der Waals surface area contributed by atoms with E-state index in [2.05, 4.69) is 25.9 Å². The summed E-state index contributed by atoms with van der Waals surface area (Å²) in [6, 6.07) is -4.53. The molecule has 1 heterocycles. The van der Waals surface area contributed by atoms with E-state index in [9.17, 15) is 29.1 Å². The molecule has 4 atom stereocenters. The monoisotopic (exact) mass is 525 g/mol. The fourth-order valence-corrected chi connectivity index (χ4v) is 3.51. The third-order valence-corrected chi connectivity index (χ3v) is 5.52. The van der Waals surface area contributed by atoms with Gasteiger partial charge in [0.25, 0.3) is 0 Å². The van der Waals surface area contributed by atoms with Crippen molar-refractivity contribution < 1.29 is 34.2 Å². The number of aromatic nitrogens is 2. The lowest BCUT2D eigenvalue weighted by Crippen LogP contribution is -2.57. The molecule has 0 aromatic carbocycles. The molecule has 0 spiro atoms. The van der Waals surface area contributed by atoms with Crippen molar-refractivity contribution in [2.24, 2.45) is 17.4 Å². The van der Waals surface area contributed by atoms with Crippen LogP contribution in [-0.2, 0) is 30.4 Å². The molecule has 4 unspecified atom stereocenters. The summed E-state index contributed by atoms with van der Waals surface area (Å²) in [6.45, 7) is 4.07. The maximum absolute atomic E-state index is 13.2. The number of H-pyrrole nitrogens is 1. The van der Waals surface area contributed by atoms with Gasteiger partial charge in [-0.1, -0.05) is 13.8 Å². The molecule has 1 aromatic rings. The van der Waals surface area contributed by atoms with E-state index in [1.165, 1.54) is 12.5 Å². The maximum Gasteiger partial charge on any atom is 0.326 e. The van der Waals surface area contributed by atoms with Gasteiger partial charge in [0.05, 0.1) is 12.4 Å². The van der Waals surface area contributed by atoms with Gasteiger partial charge in [-0.15, -0.1) is 0 Å². The Morgan fingerprint density at radius 2 is 1.57 bits per heavy atom. The predicted octanol–water partition coefficient (Wildman–Crippen LogP) is -1.14. The number of unbranched alkanes of at least 4 members (excludes halogenated alkanes) is 1. The Morgan fingerprint density at radius 3 is 2.11 bits per heavy atom. The minimum atomic E-state index is -1.21.